The van der Waals surface area contributed by atoms with Gasteiger partial charge in [-0.05, 0) is 60.1 Å². The van der Waals surface area contributed by atoms with Crippen LogP contribution in [0.5, 0.6) is 5.75 Å². The van der Waals surface area contributed by atoms with E-state index >= 15 is 0 Å². The zero-order valence-corrected chi connectivity index (χ0v) is 21.0. The van der Waals surface area contributed by atoms with Crippen LogP contribution in [0, 0.1) is 5.82 Å². The third-order valence-corrected chi connectivity index (χ3v) is 5.45. The third-order valence-electron chi connectivity index (χ3n) is 5.25. The molecular formula is C26H22F4N6OS. The van der Waals surface area contributed by atoms with Crippen LogP contribution in [0.15, 0.2) is 78.2 Å². The number of ether oxygens (including phenoxy) is 1. The number of hydrogen-bond donors (Lipinski definition) is 2. The first kappa shape index (κ1) is 26.7. The molecule has 4 aromatic rings. The third kappa shape index (κ3) is 6.91. The van der Waals surface area contributed by atoms with Crippen LogP contribution in [0.1, 0.15) is 30.9 Å². The van der Waals surface area contributed by atoms with Crippen molar-refractivity contribution in [2.75, 3.05) is 5.32 Å². The van der Waals surface area contributed by atoms with Crippen LogP contribution < -0.4 is 15.5 Å². The number of nitrogens with one attached hydrogen (secondary N) is 2. The molecule has 4 rings (SSSR count). The lowest BCUT2D eigenvalue weighted by molar-refractivity contribution is -0.274. The summed E-state index contributed by atoms with van der Waals surface area (Å²) in [4.78, 5) is 4.27. The van der Waals surface area contributed by atoms with Gasteiger partial charge in [-0.15, -0.1) is 18.3 Å². The van der Waals surface area contributed by atoms with E-state index in [4.69, 9.17) is 12.2 Å². The number of alkyl halides is 3. The standard InChI is InChI=1S/C26H22F4N6OS/c1-16(2)23-21(27)4-3-5-22(23)33-25(38)34-32-14-17-6-8-18(9-7-17)24-31-15-36(35-24)19-10-12-20(13-11-19)37-26(28,29)30/h3-16H,1-2H3,(H2,33,34,38)/b32-14+. The van der Waals surface area contributed by atoms with Crippen molar-refractivity contribution in [1.29, 1.82) is 0 Å². The second-order valence-electron chi connectivity index (χ2n) is 8.36. The summed E-state index contributed by atoms with van der Waals surface area (Å²) >= 11 is 5.26. The maximum absolute atomic E-state index is 14.1. The summed E-state index contributed by atoms with van der Waals surface area (Å²) in [7, 11) is 0. The molecule has 196 valence electrons. The summed E-state index contributed by atoms with van der Waals surface area (Å²) in [5.74, 6) is -0.213. The van der Waals surface area contributed by atoms with Gasteiger partial charge in [0.1, 0.15) is 17.9 Å². The number of hydrogen-bond acceptors (Lipinski definition) is 5. The van der Waals surface area contributed by atoms with Gasteiger partial charge in [-0.25, -0.2) is 14.1 Å². The number of aromatic nitrogens is 3. The lowest BCUT2D eigenvalue weighted by Crippen LogP contribution is -2.24. The molecule has 0 radical (unpaired) electrons. The first-order valence-corrected chi connectivity index (χ1v) is 11.8. The molecule has 1 aromatic heterocycles. The van der Waals surface area contributed by atoms with Crippen LogP contribution in [0.3, 0.4) is 0 Å². The minimum absolute atomic E-state index is 0.0252. The van der Waals surface area contributed by atoms with Crippen molar-refractivity contribution >= 4 is 29.2 Å². The van der Waals surface area contributed by atoms with Gasteiger partial charge in [0.15, 0.2) is 10.9 Å². The summed E-state index contributed by atoms with van der Waals surface area (Å²) in [6.07, 6.45) is -1.72. The van der Waals surface area contributed by atoms with Crippen LogP contribution in [-0.4, -0.2) is 32.5 Å². The average molecular weight is 543 g/mol. The summed E-state index contributed by atoms with van der Waals surface area (Å²) in [6, 6.07) is 17.3. The quantitative estimate of drug-likeness (QED) is 0.122. The predicted molar refractivity (Wildman–Crippen MR) is 141 cm³/mol. The minimum atomic E-state index is -4.75. The number of rotatable bonds is 7. The highest BCUT2D eigenvalue weighted by atomic mass is 32.1. The van der Waals surface area contributed by atoms with Crippen molar-refractivity contribution in [2.45, 2.75) is 26.1 Å². The Morgan fingerprint density at radius 2 is 1.76 bits per heavy atom. The number of halogens is 4. The predicted octanol–water partition coefficient (Wildman–Crippen LogP) is 6.42. The SMILES string of the molecule is CC(C)c1c(F)cccc1NC(=S)N/N=C/c1ccc(-c2ncn(-c3ccc(OC(F)(F)F)cc3)n2)cc1. The Morgan fingerprint density at radius 1 is 1.05 bits per heavy atom. The maximum Gasteiger partial charge on any atom is 0.573 e. The molecular weight excluding hydrogens is 520 g/mol. The van der Waals surface area contributed by atoms with E-state index in [0.29, 0.717) is 22.8 Å². The summed E-state index contributed by atoms with van der Waals surface area (Å²) in [5, 5.41) is 11.7. The average Bonchev–Trinajstić information content (AvgIpc) is 3.34. The maximum atomic E-state index is 14.1. The van der Waals surface area contributed by atoms with Gasteiger partial charge in [0, 0.05) is 16.8 Å². The molecule has 3 aromatic carbocycles. The van der Waals surface area contributed by atoms with Crippen molar-refractivity contribution in [1.82, 2.24) is 20.2 Å². The second kappa shape index (κ2) is 11.4. The van der Waals surface area contributed by atoms with E-state index in [1.54, 1.807) is 30.5 Å². The normalized spacial score (nSPS) is 11.7. The van der Waals surface area contributed by atoms with Crippen molar-refractivity contribution in [2.24, 2.45) is 5.10 Å². The van der Waals surface area contributed by atoms with Crippen molar-refractivity contribution in [3.05, 3.63) is 90.0 Å². The molecule has 0 saturated heterocycles. The van der Waals surface area contributed by atoms with Gasteiger partial charge in [0.25, 0.3) is 0 Å². The summed E-state index contributed by atoms with van der Waals surface area (Å²) < 4.78 is 56.5. The molecule has 1 heterocycles. The van der Waals surface area contributed by atoms with E-state index in [2.05, 4.69) is 30.7 Å². The summed E-state index contributed by atoms with van der Waals surface area (Å²) in [6.45, 7) is 3.80. The number of anilines is 1. The van der Waals surface area contributed by atoms with Crippen molar-refractivity contribution < 1.29 is 22.3 Å². The number of nitrogens with zero attached hydrogens (tertiary/aromatic N) is 4. The Balaban J connectivity index is 1.35. The molecule has 0 unspecified atom stereocenters. The number of hydrazone groups is 1. The van der Waals surface area contributed by atoms with E-state index in [1.165, 1.54) is 41.3 Å². The fourth-order valence-electron chi connectivity index (χ4n) is 3.59. The fourth-order valence-corrected chi connectivity index (χ4v) is 3.75. The Kier molecular flexibility index (Phi) is 8.01. The van der Waals surface area contributed by atoms with Gasteiger partial charge in [0.05, 0.1) is 11.9 Å². The monoisotopic (exact) mass is 542 g/mol. The van der Waals surface area contributed by atoms with Gasteiger partial charge >= 0.3 is 6.36 Å². The lowest BCUT2D eigenvalue weighted by atomic mass is 10.0. The smallest absolute Gasteiger partial charge is 0.406 e. The Labute approximate surface area is 221 Å². The molecule has 0 aliphatic rings. The Morgan fingerprint density at radius 3 is 2.42 bits per heavy atom. The molecule has 7 nitrogen and oxygen atoms in total. The first-order chi connectivity index (χ1) is 18.1. The minimum Gasteiger partial charge on any atom is -0.406 e. The Hall–Kier alpha value is -4.32. The highest BCUT2D eigenvalue weighted by molar-refractivity contribution is 7.80. The molecule has 2 N–H and O–H groups in total. The molecule has 38 heavy (non-hydrogen) atoms. The highest BCUT2D eigenvalue weighted by Gasteiger charge is 2.31. The van der Waals surface area contributed by atoms with Crippen LogP contribution in [0.25, 0.3) is 17.1 Å². The molecule has 0 aliphatic heterocycles. The van der Waals surface area contributed by atoms with Crippen molar-refractivity contribution in [3.8, 4) is 22.8 Å². The molecule has 0 amide bonds. The van der Waals surface area contributed by atoms with Crippen molar-refractivity contribution in [3.63, 3.8) is 0 Å². The van der Waals surface area contributed by atoms with Gasteiger partial charge < -0.3 is 10.1 Å². The zero-order chi connectivity index (χ0) is 27.3. The summed E-state index contributed by atoms with van der Waals surface area (Å²) in [5.41, 5.74) is 5.87. The van der Waals surface area contributed by atoms with Gasteiger partial charge in [0.2, 0.25) is 0 Å². The molecule has 0 bridgehead atoms. The lowest BCUT2D eigenvalue weighted by Gasteiger charge is -2.15. The molecule has 12 heteroatoms. The number of benzene rings is 3. The van der Waals surface area contributed by atoms with Crippen LogP contribution in [-0.2, 0) is 0 Å². The first-order valence-electron chi connectivity index (χ1n) is 11.4. The molecule has 0 saturated carbocycles. The molecule has 0 atom stereocenters. The molecule has 0 aliphatic carbocycles. The highest BCUT2D eigenvalue weighted by Crippen LogP contribution is 2.27. The zero-order valence-electron chi connectivity index (χ0n) is 20.2. The van der Waals surface area contributed by atoms with E-state index in [1.807, 2.05) is 26.0 Å². The van der Waals surface area contributed by atoms with Crippen LogP contribution >= 0.6 is 12.2 Å². The van der Waals surface area contributed by atoms with Gasteiger partial charge in [-0.1, -0.05) is 44.2 Å². The molecule has 0 fully saturated rings. The Bertz CT molecular complexity index is 1430. The number of thiocarbonyl (C=S) groups is 1. The van der Waals surface area contributed by atoms with Gasteiger partial charge in [-0.2, -0.15) is 5.10 Å². The van der Waals surface area contributed by atoms with Crippen LogP contribution in [0.2, 0.25) is 0 Å². The van der Waals surface area contributed by atoms with E-state index in [-0.39, 0.29) is 22.6 Å². The van der Waals surface area contributed by atoms with Gasteiger partial charge in [-0.3, -0.25) is 5.43 Å². The largest absolute Gasteiger partial charge is 0.573 e. The molecule has 0 spiro atoms. The van der Waals surface area contributed by atoms with E-state index in [9.17, 15) is 17.6 Å². The topological polar surface area (TPSA) is 76.4 Å². The van der Waals surface area contributed by atoms with Crippen LogP contribution in [0.4, 0.5) is 23.2 Å². The second-order valence-corrected chi connectivity index (χ2v) is 8.76. The fraction of sp³-hybridized carbons (Fsp3) is 0.154. The van der Waals surface area contributed by atoms with E-state index in [0.717, 1.165) is 11.1 Å². The van der Waals surface area contributed by atoms with E-state index < -0.39 is 6.36 Å².